The van der Waals surface area contributed by atoms with Crippen molar-refractivity contribution in [2.75, 3.05) is 7.11 Å². The predicted octanol–water partition coefficient (Wildman–Crippen LogP) is 3.48. The van der Waals surface area contributed by atoms with Crippen LogP contribution in [-0.4, -0.2) is 22.6 Å². The Bertz CT molecular complexity index is 947. The van der Waals surface area contributed by atoms with Gasteiger partial charge in [-0.05, 0) is 49.1 Å². The standard InChI is InChI=1S/C21H23N3O2/c1-3-24-19-10-5-4-9-18(19)23-20(24)13-22-21(25)17-12-16(17)14-7-6-8-15(11-14)26-2/h4-11,16-17H,3,12-13H2,1-2H3,(H,22,25)/t16-,17+/m1/s1. The van der Waals surface area contributed by atoms with E-state index in [0.29, 0.717) is 6.54 Å². The van der Waals surface area contributed by atoms with Crippen molar-refractivity contribution < 1.29 is 9.53 Å². The number of hydrogen-bond donors (Lipinski definition) is 1. The average molecular weight is 349 g/mol. The molecule has 1 fully saturated rings. The second-order valence-corrected chi connectivity index (χ2v) is 6.70. The molecular weight excluding hydrogens is 326 g/mol. The Labute approximate surface area is 153 Å². The Morgan fingerprint density at radius 1 is 1.27 bits per heavy atom. The van der Waals surface area contributed by atoms with Crippen LogP contribution in [0.1, 0.15) is 30.7 Å². The first-order valence-corrected chi connectivity index (χ1v) is 9.07. The third-order valence-electron chi connectivity index (χ3n) is 5.12. The third-order valence-corrected chi connectivity index (χ3v) is 5.12. The lowest BCUT2D eigenvalue weighted by atomic mass is 10.1. The van der Waals surface area contributed by atoms with Crippen molar-refractivity contribution in [1.29, 1.82) is 0 Å². The van der Waals surface area contributed by atoms with E-state index in [1.165, 1.54) is 5.56 Å². The number of methoxy groups -OCH3 is 1. The van der Waals surface area contributed by atoms with Gasteiger partial charge in [-0.3, -0.25) is 4.79 Å². The van der Waals surface area contributed by atoms with Crippen LogP contribution in [0.25, 0.3) is 11.0 Å². The summed E-state index contributed by atoms with van der Waals surface area (Å²) < 4.78 is 7.43. The number of carbonyl (C=O) groups excluding carboxylic acids is 1. The Kier molecular flexibility index (Phi) is 4.37. The van der Waals surface area contributed by atoms with Crippen molar-refractivity contribution in [1.82, 2.24) is 14.9 Å². The summed E-state index contributed by atoms with van der Waals surface area (Å²) in [6.45, 7) is 3.39. The molecule has 0 radical (unpaired) electrons. The molecule has 5 heteroatoms. The molecule has 5 nitrogen and oxygen atoms in total. The summed E-state index contributed by atoms with van der Waals surface area (Å²) >= 11 is 0. The SMILES string of the molecule is CCn1c(CNC(=O)[C@H]2C[C@@H]2c2cccc(OC)c2)nc2ccccc21. The average Bonchev–Trinajstić information content (AvgIpc) is 3.41. The van der Waals surface area contributed by atoms with Crippen LogP contribution >= 0.6 is 0 Å². The van der Waals surface area contributed by atoms with Crippen LogP contribution in [0.2, 0.25) is 0 Å². The molecule has 1 aliphatic rings. The molecule has 2 aromatic carbocycles. The fourth-order valence-corrected chi connectivity index (χ4v) is 3.64. The van der Waals surface area contributed by atoms with Gasteiger partial charge in [0.25, 0.3) is 0 Å². The Balaban J connectivity index is 1.42. The van der Waals surface area contributed by atoms with Crippen molar-refractivity contribution in [2.45, 2.75) is 32.4 Å². The van der Waals surface area contributed by atoms with Crippen LogP contribution in [-0.2, 0) is 17.9 Å². The fourth-order valence-electron chi connectivity index (χ4n) is 3.64. The van der Waals surface area contributed by atoms with Crippen molar-refractivity contribution in [3.8, 4) is 5.75 Å². The number of carbonyl (C=O) groups is 1. The summed E-state index contributed by atoms with van der Waals surface area (Å²) in [4.78, 5) is 17.2. The van der Waals surface area contributed by atoms with E-state index in [1.54, 1.807) is 7.11 Å². The van der Waals surface area contributed by atoms with Crippen LogP contribution in [0.5, 0.6) is 5.75 Å². The number of para-hydroxylation sites is 2. The molecule has 4 rings (SSSR count). The number of rotatable bonds is 6. The molecule has 1 N–H and O–H groups in total. The number of hydrogen-bond acceptors (Lipinski definition) is 3. The molecule has 134 valence electrons. The molecule has 0 spiro atoms. The van der Waals surface area contributed by atoms with E-state index in [4.69, 9.17) is 4.74 Å². The highest BCUT2D eigenvalue weighted by Gasteiger charge is 2.43. The zero-order valence-corrected chi connectivity index (χ0v) is 15.1. The van der Waals surface area contributed by atoms with Crippen molar-refractivity contribution in [3.63, 3.8) is 0 Å². The lowest BCUT2D eigenvalue weighted by molar-refractivity contribution is -0.122. The van der Waals surface area contributed by atoms with E-state index in [-0.39, 0.29) is 17.7 Å². The molecule has 1 heterocycles. The van der Waals surface area contributed by atoms with Gasteiger partial charge >= 0.3 is 0 Å². The normalized spacial score (nSPS) is 18.7. The van der Waals surface area contributed by atoms with Gasteiger partial charge in [-0.2, -0.15) is 0 Å². The molecule has 26 heavy (non-hydrogen) atoms. The molecule has 1 amide bonds. The second kappa shape index (κ2) is 6.83. The van der Waals surface area contributed by atoms with E-state index in [0.717, 1.165) is 35.6 Å². The predicted molar refractivity (Wildman–Crippen MR) is 101 cm³/mol. The summed E-state index contributed by atoms with van der Waals surface area (Å²) in [5.74, 6) is 2.18. The third kappa shape index (κ3) is 3.05. The van der Waals surface area contributed by atoms with Gasteiger partial charge in [0.2, 0.25) is 5.91 Å². The number of imidazole rings is 1. The highest BCUT2D eigenvalue weighted by Crippen LogP contribution is 2.48. The van der Waals surface area contributed by atoms with E-state index in [2.05, 4.69) is 33.9 Å². The number of amides is 1. The molecule has 0 bridgehead atoms. The van der Waals surface area contributed by atoms with Crippen molar-refractivity contribution in [3.05, 3.63) is 59.9 Å². The van der Waals surface area contributed by atoms with Gasteiger partial charge in [-0.1, -0.05) is 24.3 Å². The van der Waals surface area contributed by atoms with E-state index >= 15 is 0 Å². The van der Waals surface area contributed by atoms with E-state index in [1.807, 2.05) is 36.4 Å². The molecule has 0 unspecified atom stereocenters. The van der Waals surface area contributed by atoms with Crippen LogP contribution < -0.4 is 10.1 Å². The van der Waals surface area contributed by atoms with Gasteiger partial charge in [0, 0.05) is 12.5 Å². The maximum absolute atomic E-state index is 12.6. The Morgan fingerprint density at radius 3 is 2.92 bits per heavy atom. The topological polar surface area (TPSA) is 56.2 Å². The zero-order chi connectivity index (χ0) is 18.1. The lowest BCUT2D eigenvalue weighted by Gasteiger charge is -2.08. The number of aromatic nitrogens is 2. The lowest BCUT2D eigenvalue weighted by Crippen LogP contribution is -2.26. The van der Waals surface area contributed by atoms with Crippen LogP contribution in [0, 0.1) is 5.92 Å². The number of nitrogens with one attached hydrogen (secondary N) is 1. The van der Waals surface area contributed by atoms with Gasteiger partial charge in [-0.25, -0.2) is 4.98 Å². The summed E-state index contributed by atoms with van der Waals surface area (Å²) in [7, 11) is 1.66. The summed E-state index contributed by atoms with van der Waals surface area (Å²) in [6.07, 6.45) is 0.892. The smallest absolute Gasteiger partial charge is 0.224 e. The number of nitrogens with zero attached hydrogens (tertiary/aromatic N) is 2. The Morgan fingerprint density at radius 2 is 2.12 bits per heavy atom. The first kappa shape index (κ1) is 16.6. The summed E-state index contributed by atoms with van der Waals surface area (Å²) in [5, 5.41) is 3.07. The van der Waals surface area contributed by atoms with Crippen molar-refractivity contribution in [2.24, 2.45) is 5.92 Å². The first-order chi connectivity index (χ1) is 12.7. The molecule has 0 saturated heterocycles. The van der Waals surface area contributed by atoms with Crippen LogP contribution in [0.15, 0.2) is 48.5 Å². The van der Waals surface area contributed by atoms with Crippen LogP contribution in [0.4, 0.5) is 0 Å². The molecule has 1 aliphatic carbocycles. The van der Waals surface area contributed by atoms with Gasteiger partial charge in [0.1, 0.15) is 11.6 Å². The minimum atomic E-state index is 0.0431. The molecule has 0 aliphatic heterocycles. The number of aryl methyl sites for hydroxylation is 1. The monoisotopic (exact) mass is 349 g/mol. The summed E-state index contributed by atoms with van der Waals surface area (Å²) in [6, 6.07) is 16.1. The van der Waals surface area contributed by atoms with Crippen LogP contribution in [0.3, 0.4) is 0 Å². The Hall–Kier alpha value is -2.82. The molecular formula is C21H23N3O2. The minimum Gasteiger partial charge on any atom is -0.497 e. The molecule has 3 aromatic rings. The fraction of sp³-hybridized carbons (Fsp3) is 0.333. The number of benzene rings is 2. The summed E-state index contributed by atoms with van der Waals surface area (Å²) in [5.41, 5.74) is 3.25. The number of ether oxygens (including phenoxy) is 1. The van der Waals surface area contributed by atoms with Gasteiger partial charge in [0.05, 0.1) is 24.7 Å². The van der Waals surface area contributed by atoms with Gasteiger partial charge < -0.3 is 14.6 Å². The second-order valence-electron chi connectivity index (χ2n) is 6.70. The van der Waals surface area contributed by atoms with E-state index in [9.17, 15) is 4.79 Å². The minimum absolute atomic E-state index is 0.0431. The largest absolute Gasteiger partial charge is 0.497 e. The quantitative estimate of drug-likeness (QED) is 0.741. The molecule has 2 atom stereocenters. The van der Waals surface area contributed by atoms with Crippen molar-refractivity contribution >= 4 is 16.9 Å². The number of fused-ring (bicyclic) bond motifs is 1. The molecule has 1 aromatic heterocycles. The maximum atomic E-state index is 12.6. The highest BCUT2D eigenvalue weighted by atomic mass is 16.5. The van der Waals surface area contributed by atoms with Gasteiger partial charge in [0.15, 0.2) is 0 Å². The highest BCUT2D eigenvalue weighted by molar-refractivity contribution is 5.83. The molecule has 1 saturated carbocycles. The first-order valence-electron chi connectivity index (χ1n) is 9.07. The zero-order valence-electron chi connectivity index (χ0n) is 15.1. The van der Waals surface area contributed by atoms with Gasteiger partial charge in [-0.15, -0.1) is 0 Å². The van der Waals surface area contributed by atoms with E-state index < -0.39 is 0 Å². The maximum Gasteiger partial charge on any atom is 0.224 e.